The van der Waals surface area contributed by atoms with E-state index in [4.69, 9.17) is 9.47 Å². The average Bonchev–Trinajstić information content (AvgIpc) is 3.00. The largest absolute Gasteiger partial charge is 0.374 e. The fraction of sp³-hybridized carbons (Fsp3) is 0.294. The average molecular weight is 314 g/mol. The van der Waals surface area contributed by atoms with Gasteiger partial charge in [-0.3, -0.25) is 14.3 Å². The summed E-state index contributed by atoms with van der Waals surface area (Å²) < 4.78 is 12.8. The second kappa shape index (κ2) is 6.76. The molecule has 120 valence electrons. The monoisotopic (exact) mass is 314 g/mol. The van der Waals surface area contributed by atoms with Crippen molar-refractivity contribution in [2.24, 2.45) is 0 Å². The SMILES string of the molecule is Cc1cn(C2C=C[C@H](COCc3ccccc3)O2)c(=O)[nH]c1=O. The molecule has 2 aromatic rings. The third-order valence-electron chi connectivity index (χ3n) is 3.62. The topological polar surface area (TPSA) is 73.3 Å². The Labute approximate surface area is 133 Å². The van der Waals surface area contributed by atoms with Crippen LogP contribution < -0.4 is 11.2 Å². The fourth-order valence-corrected chi connectivity index (χ4v) is 2.38. The Bertz CT molecular complexity index is 807. The van der Waals surface area contributed by atoms with E-state index in [0.29, 0.717) is 18.8 Å². The number of aromatic nitrogens is 2. The first-order valence-electron chi connectivity index (χ1n) is 7.41. The number of H-pyrrole nitrogens is 1. The smallest absolute Gasteiger partial charge is 0.330 e. The van der Waals surface area contributed by atoms with Gasteiger partial charge < -0.3 is 9.47 Å². The van der Waals surface area contributed by atoms with Gasteiger partial charge in [0, 0.05) is 11.8 Å². The molecule has 0 spiro atoms. The highest BCUT2D eigenvalue weighted by atomic mass is 16.5. The molecule has 2 atom stereocenters. The molecule has 1 N–H and O–H groups in total. The number of benzene rings is 1. The summed E-state index contributed by atoms with van der Waals surface area (Å²) in [5.41, 5.74) is 0.695. The van der Waals surface area contributed by atoms with Crippen LogP contribution in [0, 0.1) is 6.92 Å². The Morgan fingerprint density at radius 3 is 2.78 bits per heavy atom. The van der Waals surface area contributed by atoms with Gasteiger partial charge in [-0.1, -0.05) is 36.4 Å². The predicted octanol–water partition coefficient (Wildman–Crippen LogP) is 1.52. The summed E-state index contributed by atoms with van der Waals surface area (Å²) in [5, 5.41) is 0. The minimum atomic E-state index is -0.525. The van der Waals surface area contributed by atoms with Crippen molar-refractivity contribution in [2.75, 3.05) is 6.61 Å². The summed E-state index contributed by atoms with van der Waals surface area (Å²) in [7, 11) is 0. The molecule has 0 saturated carbocycles. The van der Waals surface area contributed by atoms with Crippen LogP contribution in [0.15, 0.2) is 58.3 Å². The molecule has 0 aliphatic carbocycles. The van der Waals surface area contributed by atoms with Gasteiger partial charge >= 0.3 is 5.69 Å². The zero-order chi connectivity index (χ0) is 16.2. The van der Waals surface area contributed by atoms with Gasteiger partial charge in [0.15, 0.2) is 6.23 Å². The summed E-state index contributed by atoms with van der Waals surface area (Å²) in [6, 6.07) is 9.88. The lowest BCUT2D eigenvalue weighted by Crippen LogP contribution is -2.33. The third kappa shape index (κ3) is 3.67. The Morgan fingerprint density at radius 1 is 1.22 bits per heavy atom. The molecule has 6 heteroatoms. The summed E-state index contributed by atoms with van der Waals surface area (Å²) in [4.78, 5) is 25.5. The zero-order valence-corrected chi connectivity index (χ0v) is 12.8. The van der Waals surface area contributed by atoms with Crippen LogP contribution in [0.2, 0.25) is 0 Å². The second-order valence-electron chi connectivity index (χ2n) is 5.43. The Hall–Kier alpha value is -2.44. The van der Waals surface area contributed by atoms with Crippen molar-refractivity contribution in [2.45, 2.75) is 25.9 Å². The number of hydrogen-bond donors (Lipinski definition) is 1. The predicted molar refractivity (Wildman–Crippen MR) is 85.2 cm³/mol. The van der Waals surface area contributed by atoms with Crippen molar-refractivity contribution >= 4 is 0 Å². The number of rotatable bonds is 5. The van der Waals surface area contributed by atoms with Crippen LogP contribution in [0.25, 0.3) is 0 Å². The maximum atomic E-state index is 11.8. The standard InChI is InChI=1S/C17H18N2O4/c1-12-9-19(17(21)18-16(12)20)15-8-7-14(23-15)11-22-10-13-5-3-2-4-6-13/h2-9,14-15H,10-11H2,1H3,(H,18,20,21)/t14-,15?/m1/s1. The quantitative estimate of drug-likeness (QED) is 0.849. The van der Waals surface area contributed by atoms with Crippen molar-refractivity contribution in [3.05, 3.63) is 80.6 Å². The summed E-state index contributed by atoms with van der Waals surface area (Å²) in [6.45, 7) is 2.56. The highest BCUT2D eigenvalue weighted by Crippen LogP contribution is 2.20. The van der Waals surface area contributed by atoms with Crippen LogP contribution in [-0.4, -0.2) is 22.3 Å². The van der Waals surface area contributed by atoms with E-state index < -0.39 is 11.9 Å². The second-order valence-corrected chi connectivity index (χ2v) is 5.43. The highest BCUT2D eigenvalue weighted by molar-refractivity contribution is 5.13. The van der Waals surface area contributed by atoms with Gasteiger partial charge in [-0.15, -0.1) is 0 Å². The molecule has 3 rings (SSSR count). The minimum absolute atomic E-state index is 0.220. The molecular weight excluding hydrogens is 296 g/mol. The zero-order valence-electron chi connectivity index (χ0n) is 12.8. The highest BCUT2D eigenvalue weighted by Gasteiger charge is 2.22. The molecule has 1 aliphatic heterocycles. The van der Waals surface area contributed by atoms with E-state index in [0.717, 1.165) is 5.56 Å². The maximum absolute atomic E-state index is 11.8. The summed E-state index contributed by atoms with van der Waals surface area (Å²) >= 11 is 0. The number of hydrogen-bond acceptors (Lipinski definition) is 4. The van der Waals surface area contributed by atoms with Gasteiger partial charge in [0.1, 0.15) is 6.10 Å². The number of ether oxygens (including phenoxy) is 2. The molecule has 1 aromatic heterocycles. The summed E-state index contributed by atoms with van der Waals surface area (Å²) in [6.07, 6.45) is 4.41. The van der Waals surface area contributed by atoms with Crippen molar-refractivity contribution in [1.29, 1.82) is 0 Å². The van der Waals surface area contributed by atoms with Crippen molar-refractivity contribution in [1.82, 2.24) is 9.55 Å². The van der Waals surface area contributed by atoms with E-state index in [2.05, 4.69) is 4.98 Å². The van der Waals surface area contributed by atoms with Crippen LogP contribution in [-0.2, 0) is 16.1 Å². The molecule has 0 amide bonds. The first-order chi connectivity index (χ1) is 11.1. The van der Waals surface area contributed by atoms with Crippen LogP contribution >= 0.6 is 0 Å². The van der Waals surface area contributed by atoms with Gasteiger partial charge in [-0.2, -0.15) is 0 Å². The van der Waals surface area contributed by atoms with Gasteiger partial charge in [-0.25, -0.2) is 4.79 Å². The molecule has 2 heterocycles. The van der Waals surface area contributed by atoms with Crippen LogP contribution in [0.5, 0.6) is 0 Å². The lowest BCUT2D eigenvalue weighted by atomic mass is 10.2. The lowest BCUT2D eigenvalue weighted by molar-refractivity contribution is -0.0343. The Morgan fingerprint density at radius 2 is 2.00 bits per heavy atom. The van der Waals surface area contributed by atoms with Crippen LogP contribution in [0.3, 0.4) is 0 Å². The van der Waals surface area contributed by atoms with E-state index >= 15 is 0 Å². The first kappa shape index (κ1) is 15.5. The summed E-state index contributed by atoms with van der Waals surface area (Å²) in [5.74, 6) is 0. The number of aromatic amines is 1. The Balaban J connectivity index is 1.57. The van der Waals surface area contributed by atoms with Gasteiger partial charge in [0.25, 0.3) is 5.56 Å². The van der Waals surface area contributed by atoms with Gasteiger partial charge in [0.05, 0.1) is 13.2 Å². The van der Waals surface area contributed by atoms with Crippen LogP contribution in [0.4, 0.5) is 0 Å². The van der Waals surface area contributed by atoms with E-state index in [1.807, 2.05) is 36.4 Å². The molecule has 0 fully saturated rings. The molecule has 0 radical (unpaired) electrons. The number of nitrogens with zero attached hydrogens (tertiary/aromatic N) is 1. The number of nitrogens with one attached hydrogen (secondary N) is 1. The maximum Gasteiger partial charge on any atom is 0.330 e. The van der Waals surface area contributed by atoms with Gasteiger partial charge in [-0.05, 0) is 18.6 Å². The van der Waals surface area contributed by atoms with Crippen LogP contribution in [0.1, 0.15) is 17.4 Å². The normalized spacial score (nSPS) is 20.0. The lowest BCUT2D eigenvalue weighted by Gasteiger charge is -2.16. The number of aryl methyl sites for hydroxylation is 1. The van der Waals surface area contributed by atoms with E-state index in [9.17, 15) is 9.59 Å². The minimum Gasteiger partial charge on any atom is -0.374 e. The molecule has 1 unspecified atom stereocenters. The first-order valence-corrected chi connectivity index (χ1v) is 7.41. The van der Waals surface area contributed by atoms with E-state index in [1.54, 1.807) is 13.0 Å². The Kier molecular flexibility index (Phi) is 4.55. The molecule has 0 saturated heterocycles. The third-order valence-corrected chi connectivity index (χ3v) is 3.62. The van der Waals surface area contributed by atoms with E-state index in [1.165, 1.54) is 10.8 Å². The van der Waals surface area contributed by atoms with Crippen molar-refractivity contribution in [3.63, 3.8) is 0 Å². The molecule has 23 heavy (non-hydrogen) atoms. The molecule has 0 bridgehead atoms. The van der Waals surface area contributed by atoms with Crippen molar-refractivity contribution < 1.29 is 9.47 Å². The van der Waals surface area contributed by atoms with E-state index in [-0.39, 0.29) is 11.7 Å². The van der Waals surface area contributed by atoms with Gasteiger partial charge in [0.2, 0.25) is 0 Å². The molecule has 6 nitrogen and oxygen atoms in total. The fourth-order valence-electron chi connectivity index (χ4n) is 2.38. The van der Waals surface area contributed by atoms with Crippen molar-refractivity contribution in [3.8, 4) is 0 Å². The molecule has 1 aliphatic rings. The molecule has 1 aromatic carbocycles. The molecular formula is C17H18N2O4.